The van der Waals surface area contributed by atoms with Gasteiger partial charge in [0.05, 0.1) is 72.3 Å². The van der Waals surface area contributed by atoms with E-state index in [2.05, 4.69) is 4.90 Å². The molecule has 0 amide bonds. The number of hydrogen-bond acceptors (Lipinski definition) is 13. The number of fused-ring (bicyclic) bond motifs is 3. The minimum absolute atomic E-state index is 0.0321. The van der Waals surface area contributed by atoms with Gasteiger partial charge in [-0.3, -0.25) is 9.69 Å². The van der Waals surface area contributed by atoms with E-state index in [1.54, 1.807) is 24.3 Å². The highest BCUT2D eigenvalue weighted by Gasteiger charge is 2.62. The predicted molar refractivity (Wildman–Crippen MR) is 169 cm³/mol. The zero-order valence-corrected chi connectivity index (χ0v) is 27.3. The van der Waals surface area contributed by atoms with Crippen LogP contribution < -0.4 is 28.4 Å². The Kier molecular flexibility index (Phi) is 8.52. The van der Waals surface area contributed by atoms with E-state index in [-0.39, 0.29) is 47.9 Å². The molecule has 7 rings (SSSR count). The van der Waals surface area contributed by atoms with Crippen LogP contribution in [0.15, 0.2) is 36.4 Å². The smallest absolute Gasteiger partial charge is 0.311 e. The molecule has 13 nitrogen and oxygen atoms in total. The van der Waals surface area contributed by atoms with Gasteiger partial charge in [-0.1, -0.05) is 0 Å². The van der Waals surface area contributed by atoms with Crippen LogP contribution in [-0.2, 0) is 24.4 Å². The molecule has 0 saturated carbocycles. The maximum atomic E-state index is 14.3. The molecule has 1 aliphatic carbocycles. The van der Waals surface area contributed by atoms with E-state index in [1.807, 2.05) is 12.1 Å². The van der Waals surface area contributed by atoms with Crippen molar-refractivity contribution in [3.63, 3.8) is 0 Å². The van der Waals surface area contributed by atoms with Crippen molar-refractivity contribution >= 4 is 5.97 Å². The van der Waals surface area contributed by atoms with Gasteiger partial charge in [-0.15, -0.1) is 0 Å². The quantitative estimate of drug-likeness (QED) is 0.306. The standard InChI is InChI=1S/C35H39NO12/c1-40-26-11-19(12-27(41-2)31(26)37)35(20-13-28(42-3)32(38)29(14-20)43-4)23-16-25-24(47-18-48-25)15-21(23)33(22-17-46-34(39)30(22)35)45-10-7-36-5-8-44-9-6-36/h11-16,22,30,33,37-38H,5-10,17-18H2,1-4H3/t22-,30+,33+/m1/s1. The molecule has 2 fully saturated rings. The summed E-state index contributed by atoms with van der Waals surface area (Å²) in [4.78, 5) is 16.5. The van der Waals surface area contributed by atoms with Crippen molar-refractivity contribution < 1.29 is 57.6 Å². The Morgan fingerprint density at radius 1 is 0.792 bits per heavy atom. The van der Waals surface area contributed by atoms with Gasteiger partial charge in [-0.05, 0) is 58.7 Å². The summed E-state index contributed by atoms with van der Waals surface area (Å²) in [5, 5.41) is 22.0. The third-order valence-electron chi connectivity index (χ3n) is 9.91. The van der Waals surface area contributed by atoms with Crippen LogP contribution in [0, 0.1) is 11.8 Å². The number of aromatic hydroxyl groups is 2. The number of phenols is 2. The van der Waals surface area contributed by atoms with Crippen LogP contribution in [0.4, 0.5) is 0 Å². The molecule has 256 valence electrons. The van der Waals surface area contributed by atoms with E-state index in [4.69, 9.17) is 42.6 Å². The summed E-state index contributed by atoms with van der Waals surface area (Å²) in [6.07, 6.45) is -0.554. The number of phenolic OH excluding ortho intramolecular Hbond substituents is 2. The number of cyclic esters (lactones) is 1. The minimum Gasteiger partial charge on any atom is -0.502 e. The van der Waals surface area contributed by atoms with Gasteiger partial charge >= 0.3 is 5.97 Å². The van der Waals surface area contributed by atoms with Gasteiger partial charge in [0, 0.05) is 25.6 Å². The van der Waals surface area contributed by atoms with Crippen molar-refractivity contribution in [2.45, 2.75) is 11.5 Å². The summed E-state index contributed by atoms with van der Waals surface area (Å²) in [5.41, 5.74) is 1.18. The van der Waals surface area contributed by atoms with E-state index >= 15 is 0 Å². The molecular weight excluding hydrogens is 626 g/mol. The normalized spacial score (nSPS) is 22.4. The first-order valence-electron chi connectivity index (χ1n) is 15.8. The molecular formula is C35H39NO12. The molecule has 0 aromatic heterocycles. The highest BCUT2D eigenvalue weighted by molar-refractivity contribution is 5.83. The van der Waals surface area contributed by atoms with Crippen molar-refractivity contribution in [2.24, 2.45) is 11.8 Å². The van der Waals surface area contributed by atoms with Crippen LogP contribution in [0.25, 0.3) is 0 Å². The average Bonchev–Trinajstić information content (AvgIpc) is 3.74. The molecule has 3 heterocycles. The van der Waals surface area contributed by atoms with Crippen LogP contribution in [0.1, 0.15) is 28.4 Å². The van der Waals surface area contributed by atoms with Gasteiger partial charge < -0.3 is 52.8 Å². The average molecular weight is 666 g/mol. The van der Waals surface area contributed by atoms with E-state index in [0.717, 1.165) is 18.7 Å². The van der Waals surface area contributed by atoms with Crippen LogP contribution in [0.5, 0.6) is 46.0 Å². The SMILES string of the molecule is COc1cc(C2(c3cc(OC)c(O)c(OC)c3)c3cc4c(cc3[C@H](OCCN3CCOCC3)[C@@H]3COC(=O)[C@H]32)OCO4)cc(OC)c1O. The molecule has 3 aliphatic heterocycles. The molecule has 3 atom stereocenters. The number of methoxy groups -OCH3 is 4. The number of hydrogen-bond donors (Lipinski definition) is 2. The summed E-state index contributed by atoms with van der Waals surface area (Å²) in [6.45, 7) is 4.20. The van der Waals surface area contributed by atoms with Gasteiger partial charge in [0.15, 0.2) is 34.5 Å². The highest BCUT2D eigenvalue weighted by Crippen LogP contribution is 2.63. The Labute approximate surface area is 277 Å². The highest BCUT2D eigenvalue weighted by atomic mass is 16.7. The lowest BCUT2D eigenvalue weighted by atomic mass is 9.53. The number of rotatable bonds is 10. The Balaban J connectivity index is 1.52. The minimum atomic E-state index is -1.36. The largest absolute Gasteiger partial charge is 0.502 e. The molecule has 4 aliphatic rings. The summed E-state index contributed by atoms with van der Waals surface area (Å²) in [5.74, 6) is -0.587. The number of ether oxygens (including phenoxy) is 9. The third-order valence-corrected chi connectivity index (χ3v) is 9.91. The second-order valence-electron chi connectivity index (χ2n) is 12.1. The number of esters is 1. The maximum Gasteiger partial charge on any atom is 0.311 e. The van der Waals surface area contributed by atoms with Crippen molar-refractivity contribution in [1.29, 1.82) is 0 Å². The summed E-state index contributed by atoms with van der Waals surface area (Å²) >= 11 is 0. The first-order chi connectivity index (χ1) is 23.3. The van der Waals surface area contributed by atoms with Crippen LogP contribution in [0.2, 0.25) is 0 Å². The third kappa shape index (κ3) is 4.99. The van der Waals surface area contributed by atoms with Gasteiger partial charge in [0.1, 0.15) is 0 Å². The fourth-order valence-electron chi connectivity index (χ4n) is 7.66. The van der Waals surface area contributed by atoms with E-state index in [0.29, 0.717) is 54.6 Å². The lowest BCUT2D eigenvalue weighted by Crippen LogP contribution is -2.49. The summed E-state index contributed by atoms with van der Waals surface area (Å²) < 4.78 is 52.4. The number of carbonyl (C=O) groups excluding carboxylic acids is 1. The lowest BCUT2D eigenvalue weighted by Gasteiger charge is -2.48. The number of morpholine rings is 1. The molecule has 48 heavy (non-hydrogen) atoms. The molecule has 3 aromatic carbocycles. The first kappa shape index (κ1) is 32.0. The fourth-order valence-corrected chi connectivity index (χ4v) is 7.66. The predicted octanol–water partition coefficient (Wildman–Crippen LogP) is 3.39. The zero-order chi connectivity index (χ0) is 33.6. The first-order valence-corrected chi connectivity index (χ1v) is 15.8. The Morgan fingerprint density at radius 3 is 1.88 bits per heavy atom. The lowest BCUT2D eigenvalue weighted by molar-refractivity contribution is -0.142. The van der Waals surface area contributed by atoms with E-state index in [1.165, 1.54) is 28.4 Å². The monoisotopic (exact) mass is 665 g/mol. The van der Waals surface area contributed by atoms with Crippen molar-refractivity contribution in [3.8, 4) is 46.0 Å². The van der Waals surface area contributed by atoms with Gasteiger partial charge in [-0.2, -0.15) is 0 Å². The Morgan fingerprint density at radius 2 is 1.33 bits per heavy atom. The van der Waals surface area contributed by atoms with Gasteiger partial charge in [0.2, 0.25) is 18.3 Å². The molecule has 0 spiro atoms. The van der Waals surface area contributed by atoms with E-state index < -0.39 is 29.3 Å². The molecule has 0 bridgehead atoms. The Hall–Kier alpha value is -4.59. The topological polar surface area (TPSA) is 144 Å². The Bertz CT molecular complexity index is 1590. The summed E-state index contributed by atoms with van der Waals surface area (Å²) in [7, 11) is 5.76. The number of nitrogens with zero attached hydrogens (tertiary/aromatic N) is 1. The molecule has 0 radical (unpaired) electrons. The molecule has 13 heteroatoms. The van der Waals surface area contributed by atoms with E-state index in [9.17, 15) is 15.0 Å². The van der Waals surface area contributed by atoms with Crippen LogP contribution in [-0.4, -0.2) is 102 Å². The summed E-state index contributed by atoms with van der Waals surface area (Å²) in [6, 6.07) is 10.5. The molecule has 2 saturated heterocycles. The van der Waals surface area contributed by atoms with Gasteiger partial charge in [-0.25, -0.2) is 0 Å². The van der Waals surface area contributed by atoms with Crippen molar-refractivity contribution in [1.82, 2.24) is 4.90 Å². The van der Waals surface area contributed by atoms with Crippen LogP contribution >= 0.6 is 0 Å². The maximum absolute atomic E-state index is 14.3. The second kappa shape index (κ2) is 12.8. The second-order valence-corrected chi connectivity index (χ2v) is 12.1. The number of carbonyl (C=O) groups is 1. The molecule has 2 N–H and O–H groups in total. The van der Waals surface area contributed by atoms with Crippen LogP contribution in [0.3, 0.4) is 0 Å². The molecule has 3 aromatic rings. The van der Waals surface area contributed by atoms with Crippen molar-refractivity contribution in [3.05, 3.63) is 58.7 Å². The zero-order valence-electron chi connectivity index (χ0n) is 27.3. The van der Waals surface area contributed by atoms with Gasteiger partial charge in [0.25, 0.3) is 0 Å². The number of benzene rings is 3. The fraction of sp³-hybridized carbons (Fsp3) is 0.457. The van der Waals surface area contributed by atoms with Crippen molar-refractivity contribution in [2.75, 3.05) is 81.3 Å². The molecule has 0 unspecified atom stereocenters.